The maximum absolute atomic E-state index is 13.0. The summed E-state index contributed by atoms with van der Waals surface area (Å²) < 4.78 is 27.4. The minimum absolute atomic E-state index is 0.0759. The van der Waals surface area contributed by atoms with Crippen LogP contribution in [-0.2, 0) is 10.0 Å². The van der Waals surface area contributed by atoms with Crippen molar-refractivity contribution in [2.45, 2.75) is 17.9 Å². The van der Waals surface area contributed by atoms with E-state index in [2.05, 4.69) is 14.9 Å². The van der Waals surface area contributed by atoms with Crippen LogP contribution in [0.25, 0.3) is 0 Å². The Hall–Kier alpha value is -2.23. The number of sulfonamides is 1. The molecule has 2 aromatic rings. The summed E-state index contributed by atoms with van der Waals surface area (Å²) in [5.41, 5.74) is 5.44. The molecule has 1 atom stereocenters. The third-order valence-electron chi connectivity index (χ3n) is 4.45. The van der Waals surface area contributed by atoms with Crippen LogP contribution in [0.5, 0.6) is 0 Å². The summed E-state index contributed by atoms with van der Waals surface area (Å²) in [5.74, 6) is 0.0916. The molecule has 3 rings (SSSR count). The number of imidazole rings is 1. The van der Waals surface area contributed by atoms with E-state index in [4.69, 9.17) is 5.73 Å². The van der Waals surface area contributed by atoms with E-state index in [0.29, 0.717) is 19.6 Å². The number of benzene rings is 1. The zero-order chi connectivity index (χ0) is 18.0. The van der Waals surface area contributed by atoms with Crippen molar-refractivity contribution in [3.63, 3.8) is 0 Å². The molecule has 0 spiro atoms. The van der Waals surface area contributed by atoms with E-state index in [1.165, 1.54) is 28.6 Å². The van der Waals surface area contributed by atoms with Crippen molar-refractivity contribution in [2.75, 3.05) is 26.2 Å². The second-order valence-corrected chi connectivity index (χ2v) is 7.81. The summed E-state index contributed by atoms with van der Waals surface area (Å²) in [6.45, 7) is 4.13. The van der Waals surface area contributed by atoms with Gasteiger partial charge in [-0.05, 0) is 24.7 Å². The Kier molecular flexibility index (Phi) is 4.89. The number of hydrogen-bond acceptors (Lipinski definition) is 5. The number of piperazine rings is 1. The number of rotatable bonds is 5. The number of aromatic nitrogens is 2. The molecule has 0 saturated carbocycles. The first kappa shape index (κ1) is 17.6. The zero-order valence-electron chi connectivity index (χ0n) is 13.9. The van der Waals surface area contributed by atoms with Gasteiger partial charge in [-0.15, -0.1) is 0 Å². The van der Waals surface area contributed by atoms with E-state index in [0.717, 1.165) is 12.4 Å². The predicted octanol–water partition coefficient (Wildman–Crippen LogP) is 0.576. The number of carbonyl (C=O) groups excluding carboxylic acids is 1. The fraction of sp³-hybridized carbons (Fsp3) is 0.375. The highest BCUT2D eigenvalue weighted by Gasteiger charge is 2.35. The second kappa shape index (κ2) is 6.95. The molecule has 0 bridgehead atoms. The Morgan fingerprint density at radius 1 is 1.40 bits per heavy atom. The second-order valence-electron chi connectivity index (χ2n) is 5.87. The Morgan fingerprint density at radius 2 is 2.20 bits per heavy atom. The molecule has 0 unspecified atom stereocenters. The van der Waals surface area contributed by atoms with Crippen molar-refractivity contribution in [1.29, 1.82) is 0 Å². The van der Waals surface area contributed by atoms with Crippen LogP contribution in [0.3, 0.4) is 0 Å². The van der Waals surface area contributed by atoms with E-state index in [9.17, 15) is 13.2 Å². The van der Waals surface area contributed by atoms with E-state index in [1.54, 1.807) is 12.4 Å². The maximum atomic E-state index is 13.0. The minimum Gasteiger partial charge on any atom is -0.366 e. The molecule has 0 aliphatic carbocycles. The molecule has 2 heterocycles. The number of hydrogen-bond donors (Lipinski definition) is 2. The van der Waals surface area contributed by atoms with Gasteiger partial charge in [-0.2, -0.15) is 4.31 Å². The van der Waals surface area contributed by atoms with Crippen molar-refractivity contribution in [3.05, 3.63) is 48.0 Å². The lowest BCUT2D eigenvalue weighted by Crippen LogP contribution is -2.50. The number of likely N-dealkylation sites (N-methyl/N-ethyl adjacent to an activating group) is 1. The topological polar surface area (TPSA) is 112 Å². The lowest BCUT2D eigenvalue weighted by atomic mass is 10.2. The van der Waals surface area contributed by atoms with Gasteiger partial charge < -0.3 is 10.7 Å². The van der Waals surface area contributed by atoms with Crippen LogP contribution in [0.1, 0.15) is 29.1 Å². The van der Waals surface area contributed by atoms with Crippen molar-refractivity contribution >= 4 is 15.9 Å². The predicted molar refractivity (Wildman–Crippen MR) is 92.3 cm³/mol. The van der Waals surface area contributed by atoms with Gasteiger partial charge in [0.25, 0.3) is 0 Å². The minimum atomic E-state index is -3.72. The first-order valence-electron chi connectivity index (χ1n) is 8.07. The molecule has 9 heteroatoms. The Bertz CT molecular complexity index is 850. The summed E-state index contributed by atoms with van der Waals surface area (Å²) in [5, 5.41) is 0. The van der Waals surface area contributed by atoms with Gasteiger partial charge in [-0.3, -0.25) is 9.69 Å². The zero-order valence-corrected chi connectivity index (χ0v) is 14.7. The average molecular weight is 363 g/mol. The van der Waals surface area contributed by atoms with Gasteiger partial charge in [0.05, 0.1) is 10.9 Å². The standard InChI is InChI=1S/C16H21N5O3S/c1-2-20-8-9-21(11-14(20)16-18-6-7-19-16)25(23,24)13-5-3-4-12(10-13)15(17)22/h3-7,10,14H,2,8-9,11H2,1H3,(H2,17,22)(H,18,19)/t14-/m0/s1. The molecule has 1 aromatic heterocycles. The number of nitrogens with one attached hydrogen (secondary N) is 1. The van der Waals surface area contributed by atoms with Gasteiger partial charge in [-0.25, -0.2) is 13.4 Å². The lowest BCUT2D eigenvalue weighted by Gasteiger charge is -2.39. The molecular weight excluding hydrogens is 342 g/mol. The highest BCUT2D eigenvalue weighted by atomic mass is 32.2. The molecule has 1 aliphatic heterocycles. The highest BCUT2D eigenvalue weighted by Crippen LogP contribution is 2.27. The van der Waals surface area contributed by atoms with Crippen LogP contribution in [0, 0.1) is 0 Å². The molecule has 1 aliphatic rings. The van der Waals surface area contributed by atoms with Crippen LogP contribution in [0.15, 0.2) is 41.6 Å². The van der Waals surface area contributed by atoms with Crippen LogP contribution < -0.4 is 5.73 Å². The van der Waals surface area contributed by atoms with Gasteiger partial charge in [-0.1, -0.05) is 13.0 Å². The largest absolute Gasteiger partial charge is 0.366 e. The third-order valence-corrected chi connectivity index (χ3v) is 6.31. The number of primary amides is 1. The average Bonchev–Trinajstić information content (AvgIpc) is 3.15. The number of nitrogens with zero attached hydrogens (tertiary/aromatic N) is 3. The fourth-order valence-corrected chi connectivity index (χ4v) is 4.55. The summed E-state index contributed by atoms with van der Waals surface area (Å²) in [6, 6.07) is 5.70. The molecule has 8 nitrogen and oxygen atoms in total. The summed E-state index contributed by atoms with van der Waals surface area (Å²) >= 11 is 0. The molecule has 1 saturated heterocycles. The highest BCUT2D eigenvalue weighted by molar-refractivity contribution is 7.89. The van der Waals surface area contributed by atoms with Gasteiger partial charge in [0.1, 0.15) is 5.82 Å². The summed E-state index contributed by atoms with van der Waals surface area (Å²) in [6.07, 6.45) is 3.39. The van der Waals surface area contributed by atoms with E-state index >= 15 is 0 Å². The molecule has 1 fully saturated rings. The molecule has 0 radical (unpaired) electrons. The van der Waals surface area contributed by atoms with Crippen LogP contribution in [-0.4, -0.2) is 59.7 Å². The Morgan fingerprint density at radius 3 is 2.84 bits per heavy atom. The van der Waals surface area contributed by atoms with Crippen LogP contribution >= 0.6 is 0 Å². The van der Waals surface area contributed by atoms with Crippen molar-refractivity contribution < 1.29 is 13.2 Å². The SMILES string of the molecule is CCN1CCN(S(=O)(=O)c2cccc(C(N)=O)c2)C[C@H]1c1ncc[nH]1. The fourth-order valence-electron chi connectivity index (χ4n) is 3.07. The van der Waals surface area contributed by atoms with Gasteiger partial charge >= 0.3 is 0 Å². The molecule has 1 amide bonds. The van der Waals surface area contributed by atoms with E-state index in [-0.39, 0.29) is 16.5 Å². The number of carbonyl (C=O) groups is 1. The van der Waals surface area contributed by atoms with Gasteiger partial charge in [0.15, 0.2) is 0 Å². The van der Waals surface area contributed by atoms with Crippen molar-refractivity contribution in [2.24, 2.45) is 5.73 Å². The van der Waals surface area contributed by atoms with Crippen LogP contribution in [0.2, 0.25) is 0 Å². The number of amides is 1. The summed E-state index contributed by atoms with van der Waals surface area (Å²) in [7, 11) is -3.72. The molecule has 25 heavy (non-hydrogen) atoms. The quantitative estimate of drug-likeness (QED) is 0.807. The number of nitrogens with two attached hydrogens (primary N) is 1. The first-order chi connectivity index (χ1) is 11.9. The van der Waals surface area contributed by atoms with Gasteiger partial charge in [0, 0.05) is 37.6 Å². The van der Waals surface area contributed by atoms with Crippen LogP contribution in [0.4, 0.5) is 0 Å². The number of aromatic amines is 1. The Balaban J connectivity index is 1.90. The van der Waals surface area contributed by atoms with Crippen molar-refractivity contribution in [1.82, 2.24) is 19.2 Å². The molecule has 1 aromatic carbocycles. The molecule has 134 valence electrons. The smallest absolute Gasteiger partial charge is 0.248 e. The first-order valence-corrected chi connectivity index (χ1v) is 9.51. The summed E-state index contributed by atoms with van der Waals surface area (Å²) in [4.78, 5) is 21.0. The van der Waals surface area contributed by atoms with Gasteiger partial charge in [0.2, 0.25) is 15.9 Å². The van der Waals surface area contributed by atoms with Crippen molar-refractivity contribution in [3.8, 4) is 0 Å². The monoisotopic (exact) mass is 363 g/mol. The maximum Gasteiger partial charge on any atom is 0.248 e. The third kappa shape index (κ3) is 3.44. The number of H-pyrrole nitrogens is 1. The molecular formula is C16H21N5O3S. The molecule has 3 N–H and O–H groups in total. The van der Waals surface area contributed by atoms with E-state index in [1.807, 2.05) is 6.92 Å². The normalized spacial score (nSPS) is 19.8. The Labute approximate surface area is 146 Å². The lowest BCUT2D eigenvalue weighted by molar-refractivity contribution is 0.1000. The van der Waals surface area contributed by atoms with E-state index < -0.39 is 15.9 Å².